The highest BCUT2D eigenvalue weighted by atomic mass is 16.4. The van der Waals surface area contributed by atoms with Crippen molar-refractivity contribution in [3.63, 3.8) is 0 Å². The van der Waals surface area contributed by atoms with Gasteiger partial charge in [-0.2, -0.15) is 5.10 Å². The van der Waals surface area contributed by atoms with Gasteiger partial charge in [-0.1, -0.05) is 12.1 Å². The van der Waals surface area contributed by atoms with Gasteiger partial charge in [0.2, 0.25) is 5.91 Å². The molecule has 7 heteroatoms. The van der Waals surface area contributed by atoms with Gasteiger partial charge in [0.15, 0.2) is 5.58 Å². The van der Waals surface area contributed by atoms with Gasteiger partial charge >= 0.3 is 5.76 Å². The van der Waals surface area contributed by atoms with Crippen LogP contribution in [0.15, 0.2) is 39.7 Å². The molecule has 1 aliphatic carbocycles. The van der Waals surface area contributed by atoms with Gasteiger partial charge in [-0.25, -0.2) is 4.79 Å². The minimum Gasteiger partial charge on any atom is -0.408 e. The molecule has 1 amide bonds. The van der Waals surface area contributed by atoms with Gasteiger partial charge in [0.1, 0.15) is 0 Å². The molecule has 28 heavy (non-hydrogen) atoms. The van der Waals surface area contributed by atoms with Crippen molar-refractivity contribution in [2.45, 2.75) is 64.6 Å². The number of carbonyl (C=O) groups is 1. The van der Waals surface area contributed by atoms with Crippen molar-refractivity contribution in [3.05, 3.63) is 52.3 Å². The molecule has 0 saturated heterocycles. The first-order valence-electron chi connectivity index (χ1n) is 9.79. The number of hydrogen-bond donors (Lipinski definition) is 1. The highest BCUT2D eigenvalue weighted by molar-refractivity contribution is 5.77. The number of fused-ring (bicyclic) bond motifs is 2. The zero-order chi connectivity index (χ0) is 19.9. The van der Waals surface area contributed by atoms with Crippen LogP contribution in [-0.2, 0) is 23.3 Å². The average molecular weight is 382 g/mol. The van der Waals surface area contributed by atoms with Gasteiger partial charge < -0.3 is 9.73 Å². The molecule has 4 rings (SSSR count). The molecule has 1 atom stereocenters. The smallest absolute Gasteiger partial charge is 0.408 e. The molecule has 0 spiro atoms. The van der Waals surface area contributed by atoms with Crippen LogP contribution in [0.1, 0.15) is 57.3 Å². The van der Waals surface area contributed by atoms with Gasteiger partial charge in [0, 0.05) is 24.2 Å². The second-order valence-corrected chi connectivity index (χ2v) is 8.38. The Labute approximate surface area is 163 Å². The van der Waals surface area contributed by atoms with Crippen molar-refractivity contribution >= 4 is 17.0 Å². The van der Waals surface area contributed by atoms with Crippen molar-refractivity contribution in [3.8, 4) is 0 Å². The molecule has 2 aromatic heterocycles. The minimum absolute atomic E-state index is 0.0230. The number of carbonyl (C=O) groups excluding carboxylic acids is 1. The van der Waals surface area contributed by atoms with Crippen molar-refractivity contribution < 1.29 is 9.21 Å². The molecule has 0 bridgehead atoms. The topological polar surface area (TPSA) is 82.1 Å². The molecule has 0 unspecified atom stereocenters. The fourth-order valence-corrected chi connectivity index (χ4v) is 3.99. The van der Waals surface area contributed by atoms with Gasteiger partial charge in [-0.05, 0) is 52.2 Å². The zero-order valence-electron chi connectivity index (χ0n) is 16.6. The van der Waals surface area contributed by atoms with E-state index in [1.54, 1.807) is 6.07 Å². The molecular formula is C21H26N4O3. The number of hydrogen-bond acceptors (Lipinski definition) is 4. The van der Waals surface area contributed by atoms with E-state index < -0.39 is 5.76 Å². The third-order valence-electron chi connectivity index (χ3n) is 5.29. The lowest BCUT2D eigenvalue weighted by Crippen LogP contribution is -2.33. The number of oxazole rings is 1. The Morgan fingerprint density at radius 1 is 1.32 bits per heavy atom. The van der Waals surface area contributed by atoms with Crippen LogP contribution in [0.3, 0.4) is 0 Å². The van der Waals surface area contributed by atoms with E-state index in [2.05, 4.69) is 35.9 Å². The number of amides is 1. The summed E-state index contributed by atoms with van der Waals surface area (Å²) in [5.74, 6) is -0.501. The van der Waals surface area contributed by atoms with Gasteiger partial charge in [0.05, 0.1) is 23.3 Å². The van der Waals surface area contributed by atoms with Crippen LogP contribution >= 0.6 is 0 Å². The normalized spacial score (nSPS) is 16.9. The molecule has 148 valence electrons. The summed E-state index contributed by atoms with van der Waals surface area (Å²) >= 11 is 0. The summed E-state index contributed by atoms with van der Waals surface area (Å²) in [4.78, 5) is 24.6. The zero-order valence-corrected chi connectivity index (χ0v) is 16.6. The van der Waals surface area contributed by atoms with E-state index in [-0.39, 0.29) is 23.9 Å². The summed E-state index contributed by atoms with van der Waals surface area (Å²) in [5, 5.41) is 7.70. The van der Waals surface area contributed by atoms with Crippen LogP contribution in [-0.4, -0.2) is 20.3 Å². The Morgan fingerprint density at radius 2 is 2.11 bits per heavy atom. The van der Waals surface area contributed by atoms with E-state index in [0.29, 0.717) is 17.6 Å². The summed E-state index contributed by atoms with van der Waals surface area (Å²) < 4.78 is 8.81. The Kier molecular flexibility index (Phi) is 4.61. The lowest BCUT2D eigenvalue weighted by Gasteiger charge is -2.28. The number of benzene rings is 1. The molecule has 7 nitrogen and oxygen atoms in total. The third-order valence-corrected chi connectivity index (χ3v) is 5.29. The monoisotopic (exact) mass is 382 g/mol. The van der Waals surface area contributed by atoms with Crippen LogP contribution in [0.25, 0.3) is 11.1 Å². The van der Waals surface area contributed by atoms with E-state index in [0.717, 1.165) is 24.8 Å². The Bertz CT molecular complexity index is 1070. The number of aromatic nitrogens is 3. The maximum atomic E-state index is 12.6. The maximum absolute atomic E-state index is 12.6. The largest absolute Gasteiger partial charge is 0.419 e. The second-order valence-electron chi connectivity index (χ2n) is 8.38. The van der Waals surface area contributed by atoms with E-state index in [9.17, 15) is 9.59 Å². The maximum Gasteiger partial charge on any atom is 0.419 e. The Morgan fingerprint density at radius 3 is 2.89 bits per heavy atom. The first-order chi connectivity index (χ1) is 13.3. The summed E-state index contributed by atoms with van der Waals surface area (Å²) in [6, 6.07) is 7.23. The van der Waals surface area contributed by atoms with Crippen molar-refractivity contribution in [1.82, 2.24) is 19.7 Å². The Balaban J connectivity index is 1.46. The molecule has 1 N–H and O–H groups in total. The molecule has 0 fully saturated rings. The summed E-state index contributed by atoms with van der Waals surface area (Å²) in [6.07, 6.45) is 5.02. The molecule has 1 aliphatic rings. The number of aryl methyl sites for hydroxylation is 1. The molecule has 0 radical (unpaired) electrons. The van der Waals surface area contributed by atoms with Gasteiger partial charge in [-0.3, -0.25) is 14.0 Å². The van der Waals surface area contributed by atoms with E-state index in [4.69, 9.17) is 4.42 Å². The Hall–Kier alpha value is -2.83. The van der Waals surface area contributed by atoms with Crippen LogP contribution in [0, 0.1) is 0 Å². The molecule has 3 aromatic rings. The number of rotatable bonds is 4. The van der Waals surface area contributed by atoms with Gasteiger partial charge in [0.25, 0.3) is 0 Å². The summed E-state index contributed by atoms with van der Waals surface area (Å²) in [7, 11) is 0. The van der Waals surface area contributed by atoms with Crippen LogP contribution in [0.4, 0.5) is 0 Å². The number of para-hydroxylation sites is 2. The fraction of sp³-hybridized carbons (Fsp3) is 0.476. The predicted octanol–water partition coefficient (Wildman–Crippen LogP) is 3.13. The lowest BCUT2D eigenvalue weighted by atomic mass is 9.92. The van der Waals surface area contributed by atoms with E-state index in [1.807, 2.05) is 24.4 Å². The summed E-state index contributed by atoms with van der Waals surface area (Å²) in [6.45, 7) is 6.70. The molecule has 0 saturated carbocycles. The minimum atomic E-state index is -0.430. The van der Waals surface area contributed by atoms with Crippen LogP contribution < -0.4 is 11.1 Å². The van der Waals surface area contributed by atoms with Crippen molar-refractivity contribution in [2.24, 2.45) is 0 Å². The van der Waals surface area contributed by atoms with E-state index in [1.165, 1.54) is 10.3 Å². The van der Waals surface area contributed by atoms with E-state index >= 15 is 0 Å². The first-order valence-corrected chi connectivity index (χ1v) is 9.79. The second kappa shape index (κ2) is 6.96. The SMILES string of the molecule is CC(C)(C)n1ncc2c1CCC[C@H]2NC(=O)CCn1c(=O)oc2ccccc21. The van der Waals surface area contributed by atoms with Crippen LogP contribution in [0.5, 0.6) is 0 Å². The van der Waals surface area contributed by atoms with Crippen LogP contribution in [0.2, 0.25) is 0 Å². The number of nitrogens with zero attached hydrogens (tertiary/aromatic N) is 3. The van der Waals surface area contributed by atoms with Crippen molar-refractivity contribution in [1.29, 1.82) is 0 Å². The summed E-state index contributed by atoms with van der Waals surface area (Å²) in [5.41, 5.74) is 3.50. The molecule has 0 aliphatic heterocycles. The van der Waals surface area contributed by atoms with Crippen molar-refractivity contribution in [2.75, 3.05) is 0 Å². The predicted molar refractivity (Wildman–Crippen MR) is 106 cm³/mol. The molecule has 1 aromatic carbocycles. The standard InChI is InChI=1S/C21H26N4O3/c1-21(2,3)25-16-9-6-7-15(14(16)13-22-25)23-19(26)11-12-24-17-8-4-5-10-18(17)28-20(24)27/h4-5,8,10,13,15H,6-7,9,11-12H2,1-3H3,(H,23,26)/t15-/m1/s1. The first kappa shape index (κ1) is 18.5. The average Bonchev–Trinajstić information content (AvgIpc) is 3.21. The molecular weight excluding hydrogens is 356 g/mol. The lowest BCUT2D eigenvalue weighted by molar-refractivity contribution is -0.122. The quantitative estimate of drug-likeness (QED) is 0.752. The highest BCUT2D eigenvalue weighted by Gasteiger charge is 2.28. The fourth-order valence-electron chi connectivity index (χ4n) is 3.99. The highest BCUT2D eigenvalue weighted by Crippen LogP contribution is 2.32. The van der Waals surface area contributed by atoms with Gasteiger partial charge in [-0.15, -0.1) is 0 Å². The molecule has 2 heterocycles. The number of nitrogens with one attached hydrogen (secondary N) is 1. The third kappa shape index (κ3) is 3.37.